The molecule has 0 aliphatic carbocycles. The second-order valence-corrected chi connectivity index (χ2v) is 18.9. The summed E-state index contributed by atoms with van der Waals surface area (Å²) < 4.78 is 62.0. The summed E-state index contributed by atoms with van der Waals surface area (Å²) in [6, 6.07) is 1.32. The molecule has 0 aromatic carbocycles. The smallest absolute Gasteiger partial charge is 0.407 e. The van der Waals surface area contributed by atoms with E-state index in [2.05, 4.69) is 58.4 Å². The van der Waals surface area contributed by atoms with Crippen molar-refractivity contribution >= 4 is 92.7 Å². The second-order valence-electron chi connectivity index (χ2n) is 11.7. The van der Waals surface area contributed by atoms with Gasteiger partial charge in [-0.15, -0.1) is 11.3 Å². The van der Waals surface area contributed by atoms with Gasteiger partial charge in [0.05, 0.1) is 4.47 Å². The summed E-state index contributed by atoms with van der Waals surface area (Å²) in [6.07, 6.45) is 8.49. The maximum absolute atomic E-state index is 13.0. The summed E-state index contributed by atoms with van der Waals surface area (Å²) in [7, 11) is -7.81. The van der Waals surface area contributed by atoms with Crippen molar-refractivity contribution < 1.29 is 36.3 Å². The summed E-state index contributed by atoms with van der Waals surface area (Å²) >= 11 is 13.9. The first-order chi connectivity index (χ1) is 22.7. The van der Waals surface area contributed by atoms with Crippen molar-refractivity contribution in [1.82, 2.24) is 19.3 Å². The highest BCUT2D eigenvalue weighted by Gasteiger charge is 2.32. The fourth-order valence-corrected chi connectivity index (χ4v) is 11.6. The van der Waals surface area contributed by atoms with Gasteiger partial charge in [-0.05, 0) is 81.5 Å². The van der Waals surface area contributed by atoms with Gasteiger partial charge < -0.3 is 20.1 Å². The van der Waals surface area contributed by atoms with Gasteiger partial charge in [0.1, 0.15) is 31.9 Å². The first kappa shape index (κ1) is 39.0. The van der Waals surface area contributed by atoms with E-state index in [9.17, 15) is 31.5 Å². The van der Waals surface area contributed by atoms with E-state index in [4.69, 9.17) is 16.3 Å². The average molecular weight is 876 g/mol. The van der Waals surface area contributed by atoms with E-state index in [-0.39, 0.29) is 15.7 Å². The van der Waals surface area contributed by atoms with Gasteiger partial charge in [-0.2, -0.15) is 9.03 Å². The van der Waals surface area contributed by atoms with E-state index in [0.717, 1.165) is 69.4 Å². The molecule has 4 heterocycles. The molecular formula is C29H38Br2ClN5O8S3. The molecule has 2 fully saturated rings. The molecule has 4 rings (SSSR count). The van der Waals surface area contributed by atoms with Crippen LogP contribution < -0.4 is 14.9 Å². The van der Waals surface area contributed by atoms with Crippen LogP contribution in [0.1, 0.15) is 44.9 Å². The number of pyridine rings is 1. The number of halogens is 3. The number of carboxylic acid groups (broad SMARTS) is 1. The number of piperidine rings is 2. The number of anilines is 1. The van der Waals surface area contributed by atoms with Crippen LogP contribution in [0.25, 0.3) is 0 Å². The Morgan fingerprint density at radius 1 is 1.08 bits per heavy atom. The number of alkyl carbamates (subject to hydrolysis) is 1. The molecule has 2 aromatic rings. The summed E-state index contributed by atoms with van der Waals surface area (Å²) in [4.78, 5) is 29.5. The van der Waals surface area contributed by atoms with E-state index in [1.54, 1.807) is 10.4 Å². The minimum absolute atomic E-state index is 0.0805. The summed E-state index contributed by atoms with van der Waals surface area (Å²) in [5.74, 6) is 0.190. The molecule has 48 heavy (non-hydrogen) atoms. The molecule has 0 spiro atoms. The third kappa shape index (κ3) is 10.4. The van der Waals surface area contributed by atoms with E-state index < -0.39 is 44.7 Å². The van der Waals surface area contributed by atoms with Gasteiger partial charge in [0.15, 0.2) is 0 Å². The number of amides is 1. The van der Waals surface area contributed by atoms with Gasteiger partial charge in [-0.3, -0.25) is 4.79 Å². The topological polar surface area (TPSA) is 175 Å². The largest absolute Gasteiger partial charge is 0.480 e. The summed E-state index contributed by atoms with van der Waals surface area (Å²) in [6.45, 7) is 5.34. The quantitative estimate of drug-likeness (QED) is 0.195. The van der Waals surface area contributed by atoms with E-state index >= 15 is 0 Å². The number of aromatic nitrogens is 1. The van der Waals surface area contributed by atoms with Crippen LogP contribution in [0.5, 0.6) is 0 Å². The fraction of sp³-hybridized carbons (Fsp3) is 0.552. The van der Waals surface area contributed by atoms with Gasteiger partial charge in [-0.25, -0.2) is 26.6 Å². The molecule has 0 saturated carbocycles. The standard InChI is InChI=1S/C29H38Br2ClN5O8S3/c1-2-14-45-29(40)34-18-24(28(38)39)35-47(41,42)21-15-23(31)27(33-17-21)36-10-6-19(7-11-36)4-3-5-20-8-12-37(13-9-20)48(43,44)25-16-22(30)26(32)46-25/h2,15-17,19-20,24,35H,1,3-14,18H2,(H,34,40)(H,38,39). The number of carbonyl (C=O) groups is 2. The lowest BCUT2D eigenvalue weighted by Gasteiger charge is -2.34. The zero-order valence-electron chi connectivity index (χ0n) is 25.9. The van der Waals surface area contributed by atoms with Crippen LogP contribution in [0.15, 0.2) is 49.0 Å². The van der Waals surface area contributed by atoms with Crippen molar-refractivity contribution in [1.29, 1.82) is 0 Å². The minimum Gasteiger partial charge on any atom is -0.480 e. The molecule has 1 unspecified atom stereocenters. The van der Waals surface area contributed by atoms with Gasteiger partial charge in [0.2, 0.25) is 10.0 Å². The Morgan fingerprint density at radius 3 is 2.25 bits per heavy atom. The number of rotatable bonds is 15. The van der Waals surface area contributed by atoms with Crippen molar-refractivity contribution in [3.63, 3.8) is 0 Å². The number of ether oxygens (including phenoxy) is 1. The number of sulfonamides is 2. The number of thiophene rings is 1. The highest BCUT2D eigenvalue weighted by atomic mass is 79.9. The van der Waals surface area contributed by atoms with Crippen LogP contribution in [0.4, 0.5) is 10.6 Å². The molecular weight excluding hydrogens is 838 g/mol. The molecule has 13 nitrogen and oxygen atoms in total. The van der Waals surface area contributed by atoms with Crippen molar-refractivity contribution in [2.24, 2.45) is 11.8 Å². The van der Waals surface area contributed by atoms with Crippen LogP contribution in [-0.4, -0.2) is 88.7 Å². The fourth-order valence-electron chi connectivity index (χ4n) is 5.75. The first-order valence-corrected chi connectivity index (χ1v) is 21.0. The second kappa shape index (κ2) is 17.4. The molecule has 2 aromatic heterocycles. The molecule has 1 atom stereocenters. The van der Waals surface area contributed by atoms with E-state index in [1.165, 1.54) is 18.3 Å². The Bertz CT molecular complexity index is 1660. The Kier molecular flexibility index (Phi) is 14.2. The normalized spacial score (nSPS) is 17.6. The monoisotopic (exact) mass is 873 g/mol. The number of hydrogen-bond donors (Lipinski definition) is 3. The lowest BCUT2D eigenvalue weighted by Crippen LogP contribution is -2.48. The van der Waals surface area contributed by atoms with Crippen LogP contribution in [0, 0.1) is 11.8 Å². The first-order valence-electron chi connectivity index (χ1n) is 15.3. The number of carboxylic acids is 1. The van der Waals surface area contributed by atoms with Crippen molar-refractivity contribution in [2.45, 2.75) is 60.1 Å². The molecule has 266 valence electrons. The number of nitrogens with one attached hydrogen (secondary N) is 2. The molecule has 19 heteroatoms. The van der Waals surface area contributed by atoms with E-state index in [0.29, 0.717) is 44.0 Å². The lowest BCUT2D eigenvalue weighted by molar-refractivity contribution is -0.138. The highest BCUT2D eigenvalue weighted by Crippen LogP contribution is 2.37. The van der Waals surface area contributed by atoms with Gasteiger partial charge in [-0.1, -0.05) is 43.5 Å². The van der Waals surface area contributed by atoms with Crippen LogP contribution in [0.3, 0.4) is 0 Å². The molecule has 2 aliphatic heterocycles. The highest BCUT2D eigenvalue weighted by molar-refractivity contribution is 9.11. The molecule has 2 aliphatic rings. The maximum atomic E-state index is 13.0. The van der Waals surface area contributed by atoms with Crippen LogP contribution in [-0.2, 0) is 29.6 Å². The zero-order chi connectivity index (χ0) is 35.1. The van der Waals surface area contributed by atoms with Gasteiger partial charge in [0.25, 0.3) is 10.0 Å². The number of nitrogens with zero attached hydrogens (tertiary/aromatic N) is 3. The average Bonchev–Trinajstić information content (AvgIpc) is 3.40. The Hall–Kier alpha value is -1.80. The number of aliphatic carboxylic acids is 1. The molecule has 0 radical (unpaired) electrons. The predicted octanol–water partition coefficient (Wildman–Crippen LogP) is 5.45. The third-order valence-electron chi connectivity index (χ3n) is 8.41. The molecule has 0 bridgehead atoms. The third-order valence-corrected chi connectivity index (χ3v) is 15.3. The molecule has 2 saturated heterocycles. The predicted molar refractivity (Wildman–Crippen MR) is 191 cm³/mol. The summed E-state index contributed by atoms with van der Waals surface area (Å²) in [5, 5.41) is 11.7. The van der Waals surface area contributed by atoms with Gasteiger partial charge >= 0.3 is 12.1 Å². The Morgan fingerprint density at radius 2 is 1.71 bits per heavy atom. The summed E-state index contributed by atoms with van der Waals surface area (Å²) in [5.41, 5.74) is 0. The minimum atomic E-state index is -4.28. The maximum Gasteiger partial charge on any atom is 0.407 e. The number of carbonyl (C=O) groups excluding carboxylic acids is 1. The Balaban J connectivity index is 1.21. The molecule has 3 N–H and O–H groups in total. The molecule has 1 amide bonds. The van der Waals surface area contributed by atoms with Gasteiger partial charge in [0, 0.05) is 43.4 Å². The Labute approximate surface area is 306 Å². The van der Waals surface area contributed by atoms with Crippen molar-refractivity contribution in [3.05, 3.63) is 44.3 Å². The van der Waals surface area contributed by atoms with Crippen molar-refractivity contribution in [3.8, 4) is 0 Å². The van der Waals surface area contributed by atoms with Crippen molar-refractivity contribution in [2.75, 3.05) is 44.2 Å². The number of hydrogen-bond acceptors (Lipinski definition) is 10. The van der Waals surface area contributed by atoms with E-state index in [1.807, 2.05) is 0 Å². The lowest BCUT2D eigenvalue weighted by atomic mass is 9.87. The van der Waals surface area contributed by atoms with Crippen LogP contribution in [0.2, 0.25) is 4.34 Å². The zero-order valence-corrected chi connectivity index (χ0v) is 32.3. The SMILES string of the molecule is C=CCOC(=O)NCC(NS(=O)(=O)c1cnc(N2CCC(CCCC3CCN(S(=O)(=O)c4cc(Br)c(Cl)s4)CC3)CC2)c(Br)c1)C(=O)O. The van der Waals surface area contributed by atoms with Crippen LogP contribution >= 0.6 is 54.8 Å².